The molecule has 0 saturated carbocycles. The van der Waals surface area contributed by atoms with Crippen molar-refractivity contribution < 1.29 is 5.11 Å². The summed E-state index contributed by atoms with van der Waals surface area (Å²) >= 11 is 0. The second kappa shape index (κ2) is 4.24. The van der Waals surface area contributed by atoms with Crippen molar-refractivity contribution in [2.45, 2.75) is 26.8 Å². The Labute approximate surface area is 100 Å². The van der Waals surface area contributed by atoms with Gasteiger partial charge in [-0.05, 0) is 24.3 Å². The molecule has 0 aliphatic rings. The predicted octanol–water partition coefficient (Wildman–Crippen LogP) is 2.92. The normalized spacial score (nSPS) is 13.2. The number of hydrogen-bond donors (Lipinski definition) is 1. The van der Waals surface area contributed by atoms with Gasteiger partial charge in [0.1, 0.15) is 0 Å². The fourth-order valence-electron chi connectivity index (χ4n) is 1.95. The van der Waals surface area contributed by atoms with Crippen LogP contribution in [0.3, 0.4) is 0 Å². The number of benzene rings is 1. The first kappa shape index (κ1) is 11.7. The van der Waals surface area contributed by atoms with Crippen LogP contribution in [-0.4, -0.2) is 9.67 Å². The van der Waals surface area contributed by atoms with E-state index < -0.39 is 0 Å². The largest absolute Gasteiger partial charge is 0.494 e. The Morgan fingerprint density at radius 3 is 2.47 bits per heavy atom. The quantitative estimate of drug-likeness (QED) is 0.863. The molecule has 0 saturated heterocycles. The van der Waals surface area contributed by atoms with E-state index in [1.54, 1.807) is 6.07 Å². The number of fused-ring (bicyclic) bond motifs is 1. The zero-order valence-electron chi connectivity index (χ0n) is 10.3. The molecule has 0 fully saturated rings. The second-order valence-corrected chi connectivity index (χ2v) is 4.75. The zero-order valence-corrected chi connectivity index (χ0v) is 10.3. The third-order valence-electron chi connectivity index (χ3n) is 3.32. The molecule has 0 aliphatic heterocycles. The first-order chi connectivity index (χ1) is 8.02. The van der Waals surface area contributed by atoms with Crippen molar-refractivity contribution in [1.82, 2.24) is 4.57 Å². The molecule has 90 valence electrons. The summed E-state index contributed by atoms with van der Waals surface area (Å²) in [5.41, 5.74) is -0.151. The average Bonchev–Trinajstić information content (AvgIpc) is 2.28. The van der Waals surface area contributed by atoms with Crippen LogP contribution in [0.2, 0.25) is 0 Å². The van der Waals surface area contributed by atoms with Gasteiger partial charge in [0, 0.05) is 17.5 Å². The van der Waals surface area contributed by atoms with Gasteiger partial charge < -0.3 is 5.11 Å². The van der Waals surface area contributed by atoms with Crippen molar-refractivity contribution in [1.29, 1.82) is 0 Å². The standard InChI is InChI=1S/C14H17NO2/c1-9(2)10(3)15-13(16)8-11-6-4-5-7-12(11)14(15)17/h4-10,17H,1-3H3. The zero-order chi connectivity index (χ0) is 12.6. The maximum Gasteiger partial charge on any atom is 0.254 e. The molecule has 0 bridgehead atoms. The van der Waals surface area contributed by atoms with Crippen molar-refractivity contribution in [3.05, 3.63) is 40.7 Å². The topological polar surface area (TPSA) is 42.2 Å². The number of hydrogen-bond acceptors (Lipinski definition) is 2. The molecule has 1 unspecified atom stereocenters. The van der Waals surface area contributed by atoms with Crippen LogP contribution in [0.15, 0.2) is 35.1 Å². The monoisotopic (exact) mass is 231 g/mol. The van der Waals surface area contributed by atoms with E-state index in [-0.39, 0.29) is 17.5 Å². The molecule has 3 heteroatoms. The highest BCUT2D eigenvalue weighted by molar-refractivity contribution is 5.86. The van der Waals surface area contributed by atoms with Gasteiger partial charge in [-0.15, -0.1) is 0 Å². The maximum atomic E-state index is 12.0. The lowest BCUT2D eigenvalue weighted by Gasteiger charge is -2.21. The Kier molecular flexibility index (Phi) is 2.92. The molecule has 2 rings (SSSR count). The highest BCUT2D eigenvalue weighted by atomic mass is 16.3. The Hall–Kier alpha value is -1.77. The summed E-state index contributed by atoms with van der Waals surface area (Å²) < 4.78 is 1.47. The lowest BCUT2D eigenvalue weighted by molar-refractivity contribution is 0.335. The molecule has 2 aromatic rings. The molecule has 0 amide bonds. The molecule has 1 aromatic heterocycles. The molecular weight excluding hydrogens is 214 g/mol. The van der Waals surface area contributed by atoms with Crippen molar-refractivity contribution in [3.63, 3.8) is 0 Å². The molecule has 17 heavy (non-hydrogen) atoms. The van der Waals surface area contributed by atoms with Crippen molar-refractivity contribution in [3.8, 4) is 5.88 Å². The summed E-state index contributed by atoms with van der Waals surface area (Å²) in [5, 5.41) is 11.7. The fourth-order valence-corrected chi connectivity index (χ4v) is 1.95. The highest BCUT2D eigenvalue weighted by Crippen LogP contribution is 2.27. The number of aromatic nitrogens is 1. The van der Waals surface area contributed by atoms with Crippen LogP contribution in [0.5, 0.6) is 5.88 Å². The van der Waals surface area contributed by atoms with Crippen LogP contribution >= 0.6 is 0 Å². The van der Waals surface area contributed by atoms with E-state index in [1.165, 1.54) is 4.57 Å². The molecule has 0 radical (unpaired) electrons. The summed E-state index contributed by atoms with van der Waals surface area (Å²) in [7, 11) is 0. The molecule has 0 spiro atoms. The minimum atomic E-state index is -0.151. The van der Waals surface area contributed by atoms with Crippen LogP contribution in [0.25, 0.3) is 10.8 Å². The third-order valence-corrected chi connectivity index (χ3v) is 3.32. The van der Waals surface area contributed by atoms with Crippen molar-refractivity contribution in [2.75, 3.05) is 0 Å². The molecule has 1 heterocycles. The molecule has 1 aromatic carbocycles. The van der Waals surface area contributed by atoms with Crippen LogP contribution in [-0.2, 0) is 0 Å². The number of aromatic hydroxyl groups is 1. The van der Waals surface area contributed by atoms with Crippen LogP contribution in [0.1, 0.15) is 26.8 Å². The maximum absolute atomic E-state index is 12.0. The predicted molar refractivity (Wildman–Crippen MR) is 69.4 cm³/mol. The molecular formula is C14H17NO2. The van der Waals surface area contributed by atoms with Gasteiger partial charge in [0.15, 0.2) is 0 Å². The smallest absolute Gasteiger partial charge is 0.254 e. The van der Waals surface area contributed by atoms with Gasteiger partial charge in [-0.25, -0.2) is 0 Å². The second-order valence-electron chi connectivity index (χ2n) is 4.75. The van der Waals surface area contributed by atoms with E-state index in [4.69, 9.17) is 0 Å². The van der Waals surface area contributed by atoms with E-state index in [9.17, 15) is 9.90 Å². The van der Waals surface area contributed by atoms with E-state index in [1.807, 2.05) is 45.0 Å². The van der Waals surface area contributed by atoms with Crippen LogP contribution < -0.4 is 5.56 Å². The van der Waals surface area contributed by atoms with Gasteiger partial charge in [0.05, 0.1) is 0 Å². The van der Waals surface area contributed by atoms with Gasteiger partial charge in [-0.1, -0.05) is 32.0 Å². The number of rotatable bonds is 2. The lowest BCUT2D eigenvalue weighted by atomic mass is 10.1. The van der Waals surface area contributed by atoms with Crippen LogP contribution in [0.4, 0.5) is 0 Å². The Balaban J connectivity index is 2.76. The van der Waals surface area contributed by atoms with Gasteiger partial charge >= 0.3 is 0 Å². The summed E-state index contributed by atoms with van der Waals surface area (Å²) in [4.78, 5) is 12.0. The highest BCUT2D eigenvalue weighted by Gasteiger charge is 2.16. The lowest BCUT2D eigenvalue weighted by Crippen LogP contribution is -2.25. The SMILES string of the molecule is CC(C)C(C)n1c(O)c2ccccc2cc1=O. The molecule has 3 nitrogen and oxygen atoms in total. The van der Waals surface area contributed by atoms with Gasteiger partial charge in [-0.2, -0.15) is 0 Å². The van der Waals surface area contributed by atoms with Crippen molar-refractivity contribution in [2.24, 2.45) is 5.92 Å². The Morgan fingerprint density at radius 2 is 1.82 bits per heavy atom. The number of pyridine rings is 1. The summed E-state index contributed by atoms with van der Waals surface area (Å²) in [6, 6.07) is 8.93. The van der Waals surface area contributed by atoms with Crippen LogP contribution in [0, 0.1) is 5.92 Å². The van der Waals surface area contributed by atoms with Gasteiger partial charge in [-0.3, -0.25) is 9.36 Å². The average molecular weight is 231 g/mol. The molecule has 0 aliphatic carbocycles. The summed E-state index contributed by atoms with van der Waals surface area (Å²) in [5.74, 6) is 0.356. The first-order valence-corrected chi connectivity index (χ1v) is 5.85. The van der Waals surface area contributed by atoms with Crippen molar-refractivity contribution >= 4 is 10.8 Å². The molecule has 1 N–H and O–H groups in total. The Morgan fingerprint density at radius 1 is 1.18 bits per heavy atom. The van der Waals surface area contributed by atoms with E-state index >= 15 is 0 Å². The van der Waals surface area contributed by atoms with E-state index in [2.05, 4.69) is 0 Å². The third kappa shape index (κ3) is 1.93. The minimum absolute atomic E-state index is 0.0212. The van der Waals surface area contributed by atoms with Gasteiger partial charge in [0.25, 0.3) is 5.56 Å². The summed E-state index contributed by atoms with van der Waals surface area (Å²) in [6.07, 6.45) is 0. The number of nitrogens with zero attached hydrogens (tertiary/aromatic N) is 1. The summed E-state index contributed by atoms with van der Waals surface area (Å²) in [6.45, 7) is 6.01. The minimum Gasteiger partial charge on any atom is -0.494 e. The first-order valence-electron chi connectivity index (χ1n) is 5.85. The Bertz CT molecular complexity index is 599. The van der Waals surface area contributed by atoms with E-state index in [0.717, 1.165) is 10.8 Å². The molecule has 1 atom stereocenters. The fraction of sp³-hybridized carbons (Fsp3) is 0.357. The van der Waals surface area contributed by atoms with E-state index in [0.29, 0.717) is 5.92 Å². The van der Waals surface area contributed by atoms with Gasteiger partial charge in [0.2, 0.25) is 5.88 Å².